The Morgan fingerprint density at radius 3 is 2.53 bits per heavy atom. The molecular weight excluding hydrogens is 214 g/mol. The van der Waals surface area contributed by atoms with Crippen LogP contribution in [0.1, 0.15) is 5.56 Å². The van der Waals surface area contributed by atoms with Crippen molar-refractivity contribution in [2.24, 2.45) is 0 Å². The van der Waals surface area contributed by atoms with E-state index in [0.717, 1.165) is 24.3 Å². The summed E-state index contributed by atoms with van der Waals surface area (Å²) in [4.78, 5) is 0. The fourth-order valence-electron chi connectivity index (χ4n) is 1.45. The third kappa shape index (κ3) is 3.01. The van der Waals surface area contributed by atoms with Gasteiger partial charge in [-0.15, -0.1) is 0 Å². The van der Waals surface area contributed by atoms with E-state index in [0.29, 0.717) is 10.8 Å². The van der Waals surface area contributed by atoms with Crippen LogP contribution in [0.5, 0.6) is 11.5 Å². The quantitative estimate of drug-likeness (QED) is 0.839. The highest BCUT2D eigenvalue weighted by molar-refractivity contribution is 6.30. The van der Waals surface area contributed by atoms with Crippen molar-refractivity contribution in [1.82, 2.24) is 5.32 Å². The molecular formula is C11H16ClNO2. The Hall–Kier alpha value is -0.930. The predicted octanol–water partition coefficient (Wildman–Crippen LogP) is 2.12. The molecule has 0 saturated carbocycles. The Bertz CT molecular complexity index is 329. The van der Waals surface area contributed by atoms with Gasteiger partial charge in [-0.05, 0) is 26.1 Å². The molecule has 0 radical (unpaired) electrons. The molecule has 0 amide bonds. The third-order valence-corrected chi connectivity index (χ3v) is 2.38. The zero-order valence-electron chi connectivity index (χ0n) is 9.26. The second kappa shape index (κ2) is 5.83. The van der Waals surface area contributed by atoms with E-state index in [9.17, 15) is 0 Å². The molecule has 0 spiro atoms. The largest absolute Gasteiger partial charge is 0.493 e. The van der Waals surface area contributed by atoms with Gasteiger partial charge in [0.15, 0.2) is 11.5 Å². The van der Waals surface area contributed by atoms with E-state index in [1.165, 1.54) is 0 Å². The fraction of sp³-hybridized carbons (Fsp3) is 0.455. The van der Waals surface area contributed by atoms with Gasteiger partial charge in [0.2, 0.25) is 0 Å². The van der Waals surface area contributed by atoms with Crippen molar-refractivity contribution in [3.63, 3.8) is 0 Å². The predicted molar refractivity (Wildman–Crippen MR) is 62.2 cm³/mol. The first-order valence-corrected chi connectivity index (χ1v) is 5.15. The first-order chi connectivity index (χ1) is 7.22. The molecule has 0 atom stereocenters. The Kier molecular flexibility index (Phi) is 4.72. The molecule has 1 rings (SSSR count). The van der Waals surface area contributed by atoms with Crippen LogP contribution in [0.15, 0.2) is 12.1 Å². The summed E-state index contributed by atoms with van der Waals surface area (Å²) in [6, 6.07) is 3.66. The molecule has 1 N–H and O–H groups in total. The lowest BCUT2D eigenvalue weighted by molar-refractivity contribution is 0.351. The molecule has 84 valence electrons. The van der Waals surface area contributed by atoms with Crippen LogP contribution in [0.25, 0.3) is 0 Å². The van der Waals surface area contributed by atoms with Crippen LogP contribution in [0.4, 0.5) is 0 Å². The van der Waals surface area contributed by atoms with Gasteiger partial charge in [-0.1, -0.05) is 11.6 Å². The topological polar surface area (TPSA) is 30.5 Å². The maximum atomic E-state index is 5.98. The number of benzene rings is 1. The molecule has 0 heterocycles. The summed E-state index contributed by atoms with van der Waals surface area (Å²) in [5, 5.41) is 3.75. The summed E-state index contributed by atoms with van der Waals surface area (Å²) in [5.74, 6) is 1.44. The molecule has 0 fully saturated rings. The molecule has 0 saturated heterocycles. The van der Waals surface area contributed by atoms with Crippen molar-refractivity contribution >= 4 is 11.6 Å². The minimum Gasteiger partial charge on any atom is -0.493 e. The van der Waals surface area contributed by atoms with Crippen molar-refractivity contribution < 1.29 is 9.47 Å². The van der Waals surface area contributed by atoms with Gasteiger partial charge in [-0.25, -0.2) is 0 Å². The molecule has 0 aliphatic carbocycles. The van der Waals surface area contributed by atoms with Crippen LogP contribution in [0.3, 0.4) is 0 Å². The van der Waals surface area contributed by atoms with E-state index in [4.69, 9.17) is 21.1 Å². The van der Waals surface area contributed by atoms with Crippen molar-refractivity contribution in [3.05, 3.63) is 22.7 Å². The maximum Gasteiger partial charge on any atom is 0.164 e. The first-order valence-electron chi connectivity index (χ1n) is 4.78. The molecule has 0 aliphatic rings. The van der Waals surface area contributed by atoms with E-state index in [1.54, 1.807) is 20.3 Å². The maximum absolute atomic E-state index is 5.98. The highest BCUT2D eigenvalue weighted by Gasteiger charge is 2.11. The molecule has 15 heavy (non-hydrogen) atoms. The van der Waals surface area contributed by atoms with E-state index >= 15 is 0 Å². The summed E-state index contributed by atoms with van der Waals surface area (Å²) < 4.78 is 10.5. The highest BCUT2D eigenvalue weighted by atomic mass is 35.5. The number of ether oxygens (including phenoxy) is 2. The summed E-state index contributed by atoms with van der Waals surface area (Å²) >= 11 is 5.98. The Labute approximate surface area is 95.3 Å². The number of hydrogen-bond acceptors (Lipinski definition) is 3. The van der Waals surface area contributed by atoms with Gasteiger partial charge in [0.25, 0.3) is 0 Å². The molecule has 1 aromatic carbocycles. The summed E-state index contributed by atoms with van der Waals surface area (Å²) in [5.41, 5.74) is 1.05. The minimum absolute atomic E-state index is 0.666. The van der Waals surface area contributed by atoms with Crippen molar-refractivity contribution in [1.29, 1.82) is 0 Å². The van der Waals surface area contributed by atoms with Gasteiger partial charge in [0.1, 0.15) is 0 Å². The average Bonchev–Trinajstić information content (AvgIpc) is 2.25. The number of nitrogens with one attached hydrogen (secondary N) is 1. The zero-order chi connectivity index (χ0) is 11.3. The van der Waals surface area contributed by atoms with Crippen LogP contribution < -0.4 is 14.8 Å². The van der Waals surface area contributed by atoms with E-state index < -0.39 is 0 Å². The monoisotopic (exact) mass is 229 g/mol. The molecule has 0 aromatic heterocycles. The van der Waals surface area contributed by atoms with Gasteiger partial charge >= 0.3 is 0 Å². The van der Waals surface area contributed by atoms with Gasteiger partial charge in [-0.2, -0.15) is 0 Å². The van der Waals surface area contributed by atoms with Gasteiger partial charge in [-0.3, -0.25) is 0 Å². The Balaban J connectivity index is 3.05. The number of likely N-dealkylation sites (N-methyl/N-ethyl adjacent to an activating group) is 1. The SMILES string of the molecule is CNCCc1cc(Cl)cc(OC)c1OC. The van der Waals surface area contributed by atoms with Crippen LogP contribution in [0, 0.1) is 0 Å². The zero-order valence-corrected chi connectivity index (χ0v) is 10.0. The lowest BCUT2D eigenvalue weighted by atomic mass is 10.1. The third-order valence-electron chi connectivity index (χ3n) is 2.16. The standard InChI is InChI=1S/C11H16ClNO2/c1-13-5-4-8-6-9(12)7-10(14-2)11(8)15-3/h6-7,13H,4-5H2,1-3H3. The Morgan fingerprint density at radius 1 is 1.27 bits per heavy atom. The van der Waals surface area contributed by atoms with Crippen molar-refractivity contribution in [2.75, 3.05) is 27.8 Å². The second-order valence-electron chi connectivity index (χ2n) is 3.15. The fourth-order valence-corrected chi connectivity index (χ4v) is 1.68. The highest BCUT2D eigenvalue weighted by Crippen LogP contribution is 2.34. The van der Waals surface area contributed by atoms with Crippen LogP contribution in [-0.2, 0) is 6.42 Å². The van der Waals surface area contributed by atoms with E-state index in [2.05, 4.69) is 5.32 Å². The second-order valence-corrected chi connectivity index (χ2v) is 3.59. The molecule has 0 unspecified atom stereocenters. The number of hydrogen-bond donors (Lipinski definition) is 1. The smallest absolute Gasteiger partial charge is 0.164 e. The minimum atomic E-state index is 0.666. The van der Waals surface area contributed by atoms with Gasteiger partial charge in [0, 0.05) is 16.7 Å². The van der Waals surface area contributed by atoms with Crippen LogP contribution in [-0.4, -0.2) is 27.8 Å². The Morgan fingerprint density at radius 2 is 2.00 bits per heavy atom. The van der Waals surface area contributed by atoms with E-state index in [1.807, 2.05) is 13.1 Å². The van der Waals surface area contributed by atoms with Gasteiger partial charge < -0.3 is 14.8 Å². The normalized spacial score (nSPS) is 10.1. The van der Waals surface area contributed by atoms with Gasteiger partial charge in [0.05, 0.1) is 14.2 Å². The molecule has 3 nitrogen and oxygen atoms in total. The van der Waals surface area contributed by atoms with E-state index in [-0.39, 0.29) is 0 Å². The molecule has 4 heteroatoms. The number of halogens is 1. The van der Waals surface area contributed by atoms with Crippen molar-refractivity contribution in [3.8, 4) is 11.5 Å². The van der Waals surface area contributed by atoms with Crippen LogP contribution >= 0.6 is 11.6 Å². The lowest BCUT2D eigenvalue weighted by Crippen LogP contribution is -2.11. The molecule has 0 aliphatic heterocycles. The molecule has 0 bridgehead atoms. The summed E-state index contributed by atoms with van der Waals surface area (Å²) in [6.07, 6.45) is 0.858. The summed E-state index contributed by atoms with van der Waals surface area (Å²) in [6.45, 7) is 0.875. The average molecular weight is 230 g/mol. The lowest BCUT2D eigenvalue weighted by Gasteiger charge is -2.13. The number of rotatable bonds is 5. The first kappa shape index (κ1) is 12.1. The number of methoxy groups -OCH3 is 2. The van der Waals surface area contributed by atoms with Crippen LogP contribution in [0.2, 0.25) is 5.02 Å². The summed E-state index contributed by atoms with van der Waals surface area (Å²) in [7, 11) is 5.15. The van der Waals surface area contributed by atoms with Crippen molar-refractivity contribution in [2.45, 2.75) is 6.42 Å². The molecule has 1 aromatic rings.